The number of carbonyl (C=O) groups is 2. The summed E-state index contributed by atoms with van der Waals surface area (Å²) < 4.78 is 0. The largest absolute Gasteiger partial charge is 0.481 e. The fraction of sp³-hybridized carbons (Fsp3) is 0.778. The quantitative estimate of drug-likeness (QED) is 0.669. The maximum Gasteiger partial charge on any atom is 0.407 e. The number of rotatable bonds is 1. The van der Waals surface area contributed by atoms with Crippen molar-refractivity contribution in [3.05, 3.63) is 0 Å². The maximum atomic E-state index is 10.9. The molecule has 0 aromatic heterocycles. The van der Waals surface area contributed by atoms with Crippen LogP contribution in [0.15, 0.2) is 0 Å². The normalized spacial score (nSPS) is 32.7. The van der Waals surface area contributed by atoms with Crippen LogP contribution in [0.25, 0.3) is 0 Å². The predicted octanol–water partition coefficient (Wildman–Crippen LogP) is 1.24. The third-order valence-corrected chi connectivity index (χ3v) is 2.93. The molecular formula is C9H15NO4. The average Bonchev–Trinajstić information content (AvgIpc) is 2.09. The van der Waals surface area contributed by atoms with Gasteiger partial charge in [-0.15, -0.1) is 0 Å². The number of carboxylic acid groups (broad SMARTS) is 2. The highest BCUT2D eigenvalue weighted by Crippen LogP contribution is 2.32. The van der Waals surface area contributed by atoms with Gasteiger partial charge in [0.15, 0.2) is 0 Å². The first-order valence-electron chi connectivity index (χ1n) is 4.60. The molecule has 1 heterocycles. The second kappa shape index (κ2) is 3.48. The minimum absolute atomic E-state index is 0.0822. The van der Waals surface area contributed by atoms with E-state index >= 15 is 0 Å². The Morgan fingerprint density at radius 2 is 2.00 bits per heavy atom. The first kappa shape index (κ1) is 10.8. The van der Waals surface area contributed by atoms with Crippen molar-refractivity contribution in [1.29, 1.82) is 0 Å². The molecule has 2 unspecified atom stereocenters. The lowest BCUT2D eigenvalue weighted by atomic mass is 9.80. The number of likely N-dealkylation sites (tertiary alicyclic amines) is 1. The average molecular weight is 201 g/mol. The van der Waals surface area contributed by atoms with E-state index in [2.05, 4.69) is 0 Å². The maximum absolute atomic E-state index is 10.9. The van der Waals surface area contributed by atoms with E-state index < -0.39 is 17.5 Å². The lowest BCUT2D eigenvalue weighted by Gasteiger charge is -2.40. The molecule has 1 aliphatic rings. The lowest BCUT2D eigenvalue weighted by molar-refractivity contribution is -0.151. The molecule has 1 aliphatic heterocycles. The molecule has 0 spiro atoms. The Balaban J connectivity index is 2.80. The molecule has 1 rings (SSSR count). The van der Waals surface area contributed by atoms with Gasteiger partial charge in [-0.25, -0.2) is 4.79 Å². The van der Waals surface area contributed by atoms with Gasteiger partial charge in [-0.1, -0.05) is 0 Å². The van der Waals surface area contributed by atoms with Gasteiger partial charge in [-0.05, 0) is 26.7 Å². The highest BCUT2D eigenvalue weighted by Gasteiger charge is 2.42. The minimum Gasteiger partial charge on any atom is -0.481 e. The van der Waals surface area contributed by atoms with Crippen molar-refractivity contribution in [2.75, 3.05) is 6.54 Å². The Bertz CT molecular complexity index is 266. The molecule has 14 heavy (non-hydrogen) atoms. The molecule has 2 atom stereocenters. The summed E-state index contributed by atoms with van der Waals surface area (Å²) in [7, 11) is 0. The van der Waals surface area contributed by atoms with Crippen LogP contribution in [0.4, 0.5) is 4.79 Å². The Labute approximate surface area is 82.3 Å². The molecule has 80 valence electrons. The summed E-state index contributed by atoms with van der Waals surface area (Å²) >= 11 is 0. The number of nitrogens with zero attached hydrogens (tertiary/aromatic N) is 1. The van der Waals surface area contributed by atoms with E-state index in [4.69, 9.17) is 10.2 Å². The first-order valence-corrected chi connectivity index (χ1v) is 4.60. The third-order valence-electron chi connectivity index (χ3n) is 2.93. The van der Waals surface area contributed by atoms with Crippen LogP contribution in [0.5, 0.6) is 0 Å². The van der Waals surface area contributed by atoms with Gasteiger partial charge in [0.05, 0.1) is 5.41 Å². The smallest absolute Gasteiger partial charge is 0.407 e. The standard InChI is InChI=1S/C9H15NO4/c1-6-3-4-9(2,7(11)12)5-10(6)8(13)14/h6H,3-5H2,1-2H3,(H,11,12)(H,13,14). The van der Waals surface area contributed by atoms with Gasteiger partial charge in [0.2, 0.25) is 0 Å². The second-order valence-electron chi connectivity index (χ2n) is 4.16. The fourth-order valence-corrected chi connectivity index (χ4v) is 1.72. The van der Waals surface area contributed by atoms with E-state index in [-0.39, 0.29) is 12.6 Å². The van der Waals surface area contributed by atoms with Crippen LogP contribution in [-0.2, 0) is 4.79 Å². The lowest BCUT2D eigenvalue weighted by Crippen LogP contribution is -2.51. The molecule has 0 radical (unpaired) electrons. The Kier molecular flexibility index (Phi) is 2.69. The molecule has 1 fully saturated rings. The van der Waals surface area contributed by atoms with E-state index in [1.54, 1.807) is 13.8 Å². The van der Waals surface area contributed by atoms with Gasteiger partial charge in [0.25, 0.3) is 0 Å². The first-order chi connectivity index (χ1) is 6.37. The van der Waals surface area contributed by atoms with E-state index in [1.807, 2.05) is 0 Å². The highest BCUT2D eigenvalue weighted by molar-refractivity contribution is 5.76. The highest BCUT2D eigenvalue weighted by atomic mass is 16.4. The van der Waals surface area contributed by atoms with Gasteiger partial charge in [-0.2, -0.15) is 0 Å². The van der Waals surface area contributed by atoms with Gasteiger partial charge >= 0.3 is 12.1 Å². The van der Waals surface area contributed by atoms with Crippen molar-refractivity contribution >= 4 is 12.1 Å². The number of aliphatic carboxylic acids is 1. The zero-order valence-corrected chi connectivity index (χ0v) is 8.36. The fourth-order valence-electron chi connectivity index (χ4n) is 1.72. The monoisotopic (exact) mass is 201 g/mol. The zero-order chi connectivity index (χ0) is 10.9. The number of amides is 1. The number of carboxylic acids is 1. The van der Waals surface area contributed by atoms with Gasteiger partial charge in [0, 0.05) is 12.6 Å². The number of piperidine rings is 1. The van der Waals surface area contributed by atoms with Crippen LogP contribution in [0, 0.1) is 5.41 Å². The number of hydrogen-bond donors (Lipinski definition) is 2. The Morgan fingerprint density at radius 1 is 1.43 bits per heavy atom. The third kappa shape index (κ3) is 1.81. The molecule has 1 amide bonds. The van der Waals surface area contributed by atoms with Crippen LogP contribution in [0.2, 0.25) is 0 Å². The van der Waals surface area contributed by atoms with Crippen LogP contribution in [0.3, 0.4) is 0 Å². The van der Waals surface area contributed by atoms with Crippen molar-refractivity contribution in [3.8, 4) is 0 Å². The van der Waals surface area contributed by atoms with Crippen molar-refractivity contribution in [3.63, 3.8) is 0 Å². The number of hydrogen-bond acceptors (Lipinski definition) is 2. The molecular weight excluding hydrogens is 186 g/mol. The van der Waals surface area contributed by atoms with Crippen molar-refractivity contribution < 1.29 is 19.8 Å². The van der Waals surface area contributed by atoms with Crippen LogP contribution in [-0.4, -0.2) is 39.8 Å². The molecule has 5 nitrogen and oxygen atoms in total. The Hall–Kier alpha value is -1.26. The summed E-state index contributed by atoms with van der Waals surface area (Å²) in [5.41, 5.74) is -0.926. The van der Waals surface area contributed by atoms with E-state index in [0.29, 0.717) is 12.8 Å². The molecule has 0 aromatic rings. The van der Waals surface area contributed by atoms with Crippen molar-refractivity contribution in [2.24, 2.45) is 5.41 Å². The van der Waals surface area contributed by atoms with E-state index in [0.717, 1.165) is 0 Å². The second-order valence-corrected chi connectivity index (χ2v) is 4.16. The SMILES string of the molecule is CC1CCC(C)(C(=O)O)CN1C(=O)O. The van der Waals surface area contributed by atoms with Crippen molar-refractivity contribution in [2.45, 2.75) is 32.7 Å². The molecule has 0 bridgehead atoms. The minimum atomic E-state index is -1.04. The summed E-state index contributed by atoms with van der Waals surface area (Å²) in [6, 6.07) is -0.0834. The van der Waals surface area contributed by atoms with Crippen LogP contribution in [0.1, 0.15) is 26.7 Å². The van der Waals surface area contributed by atoms with Crippen LogP contribution >= 0.6 is 0 Å². The van der Waals surface area contributed by atoms with E-state index in [1.165, 1.54) is 4.90 Å². The predicted molar refractivity (Wildman–Crippen MR) is 49.2 cm³/mol. The zero-order valence-electron chi connectivity index (χ0n) is 8.36. The van der Waals surface area contributed by atoms with Crippen LogP contribution < -0.4 is 0 Å². The summed E-state index contributed by atoms with van der Waals surface area (Å²) in [4.78, 5) is 22.9. The molecule has 2 N–H and O–H groups in total. The van der Waals surface area contributed by atoms with Crippen molar-refractivity contribution in [1.82, 2.24) is 4.90 Å². The summed E-state index contributed by atoms with van der Waals surface area (Å²) in [6.07, 6.45) is 0.104. The molecule has 0 aliphatic carbocycles. The van der Waals surface area contributed by atoms with Gasteiger partial charge in [-0.3, -0.25) is 4.79 Å². The molecule has 0 aromatic carbocycles. The molecule has 5 heteroatoms. The summed E-state index contributed by atoms with van der Waals surface area (Å²) in [6.45, 7) is 3.48. The Morgan fingerprint density at radius 3 is 2.43 bits per heavy atom. The molecule has 1 saturated heterocycles. The van der Waals surface area contributed by atoms with E-state index in [9.17, 15) is 9.59 Å². The van der Waals surface area contributed by atoms with Gasteiger partial charge < -0.3 is 15.1 Å². The van der Waals surface area contributed by atoms with Gasteiger partial charge in [0.1, 0.15) is 0 Å². The summed E-state index contributed by atoms with van der Waals surface area (Å²) in [5.74, 6) is -0.921. The topological polar surface area (TPSA) is 77.8 Å². The molecule has 0 saturated carbocycles. The summed E-state index contributed by atoms with van der Waals surface area (Å²) in [5, 5.41) is 17.8.